The number of nitrogens with zero attached hydrogens (tertiary/aromatic N) is 6. The first kappa shape index (κ1) is 24.8. The zero-order valence-electron chi connectivity index (χ0n) is 21.6. The van der Waals surface area contributed by atoms with Gasteiger partial charge in [-0.15, -0.1) is 0 Å². The lowest BCUT2D eigenvalue weighted by Crippen LogP contribution is -2.50. The average Bonchev–Trinajstić information content (AvgIpc) is 3.28. The Labute approximate surface area is 220 Å². The number of hydrogen-bond acceptors (Lipinski definition) is 5. The number of aromatic nitrogens is 4. The fourth-order valence-electron chi connectivity index (χ4n) is 4.72. The molecule has 0 bridgehead atoms. The van der Waals surface area contributed by atoms with Crippen LogP contribution >= 0.6 is 12.2 Å². The highest BCUT2D eigenvalue weighted by Crippen LogP contribution is 2.23. The molecule has 2 aromatic heterocycles. The van der Waals surface area contributed by atoms with Gasteiger partial charge in [0.05, 0.1) is 6.54 Å². The van der Waals surface area contributed by atoms with Gasteiger partial charge in [0.1, 0.15) is 0 Å². The summed E-state index contributed by atoms with van der Waals surface area (Å²) >= 11 is 5.71. The number of nitrogens with one attached hydrogen (secondary N) is 1. The normalized spacial score (nSPS) is 13.8. The summed E-state index contributed by atoms with van der Waals surface area (Å²) in [7, 11) is 3.16. The number of rotatable bonds is 4. The Kier molecular flexibility index (Phi) is 6.59. The van der Waals surface area contributed by atoms with E-state index in [1.54, 1.807) is 7.05 Å². The minimum absolute atomic E-state index is 0.342. The van der Waals surface area contributed by atoms with E-state index in [1.165, 1.54) is 22.7 Å². The molecule has 2 aromatic carbocycles. The van der Waals surface area contributed by atoms with Crippen molar-refractivity contribution >= 4 is 40.1 Å². The summed E-state index contributed by atoms with van der Waals surface area (Å²) in [6, 6.07) is 16.2. The van der Waals surface area contributed by atoms with Gasteiger partial charge in [0.15, 0.2) is 16.3 Å². The van der Waals surface area contributed by atoms with Crippen LogP contribution in [0.4, 0.5) is 11.6 Å². The van der Waals surface area contributed by atoms with Gasteiger partial charge in [-0.05, 0) is 54.9 Å². The van der Waals surface area contributed by atoms with Gasteiger partial charge in [-0.3, -0.25) is 18.5 Å². The topological polar surface area (TPSA) is 80.3 Å². The number of anilines is 2. The molecule has 0 spiro atoms. The third kappa shape index (κ3) is 4.64. The standard InChI is InChI=1S/C27H31N7O2S/c1-18-10-11-21(16-19(18)2)28-26(37)33-14-12-32(13-15-33)25-29-23-22(24(35)31(4)27(36)30(23)3)34(25)17-20-8-6-5-7-9-20/h5-11,16H,12-15,17H2,1-4H3,(H,28,37). The highest BCUT2D eigenvalue weighted by atomic mass is 32.1. The molecule has 0 saturated carbocycles. The second-order valence-electron chi connectivity index (χ2n) is 9.56. The Morgan fingerprint density at radius 2 is 1.65 bits per heavy atom. The molecule has 1 aliphatic rings. The third-order valence-corrected chi connectivity index (χ3v) is 7.48. The van der Waals surface area contributed by atoms with Crippen LogP contribution in [0.3, 0.4) is 0 Å². The lowest BCUT2D eigenvalue weighted by Gasteiger charge is -2.36. The molecule has 1 N–H and O–H groups in total. The van der Waals surface area contributed by atoms with Crippen LogP contribution in [-0.4, -0.2) is 54.9 Å². The number of benzene rings is 2. The molecule has 0 amide bonds. The van der Waals surface area contributed by atoms with Crippen LogP contribution in [0.1, 0.15) is 16.7 Å². The molecule has 1 aliphatic heterocycles. The van der Waals surface area contributed by atoms with Crippen molar-refractivity contribution in [1.82, 2.24) is 23.6 Å². The highest BCUT2D eigenvalue weighted by molar-refractivity contribution is 7.80. The van der Waals surface area contributed by atoms with E-state index in [0.29, 0.717) is 54.9 Å². The van der Waals surface area contributed by atoms with Crippen molar-refractivity contribution in [2.24, 2.45) is 14.1 Å². The predicted molar refractivity (Wildman–Crippen MR) is 152 cm³/mol. The van der Waals surface area contributed by atoms with Crippen LogP contribution in [0.15, 0.2) is 58.1 Å². The number of piperazine rings is 1. The summed E-state index contributed by atoms with van der Waals surface area (Å²) in [5.74, 6) is 0.685. The number of hydrogen-bond donors (Lipinski definition) is 1. The first-order valence-corrected chi connectivity index (χ1v) is 12.7. The molecule has 192 valence electrons. The molecular formula is C27H31N7O2S. The number of thiocarbonyl (C=S) groups is 1. The van der Waals surface area contributed by atoms with E-state index in [1.807, 2.05) is 41.0 Å². The van der Waals surface area contributed by atoms with E-state index in [0.717, 1.165) is 15.8 Å². The monoisotopic (exact) mass is 517 g/mol. The van der Waals surface area contributed by atoms with E-state index in [-0.39, 0.29) is 11.2 Å². The van der Waals surface area contributed by atoms with Gasteiger partial charge in [-0.25, -0.2) is 4.79 Å². The van der Waals surface area contributed by atoms with Gasteiger partial charge in [-0.1, -0.05) is 36.4 Å². The number of aryl methyl sites for hydroxylation is 3. The van der Waals surface area contributed by atoms with E-state index in [2.05, 4.69) is 41.1 Å². The molecule has 0 aliphatic carbocycles. The summed E-state index contributed by atoms with van der Waals surface area (Å²) < 4.78 is 4.53. The minimum Gasteiger partial charge on any atom is -0.345 e. The Morgan fingerprint density at radius 1 is 0.946 bits per heavy atom. The molecule has 0 atom stereocenters. The summed E-state index contributed by atoms with van der Waals surface area (Å²) in [6.07, 6.45) is 0. The van der Waals surface area contributed by atoms with Gasteiger partial charge in [0.25, 0.3) is 5.56 Å². The van der Waals surface area contributed by atoms with E-state index in [4.69, 9.17) is 17.2 Å². The number of imidazole rings is 1. The fourth-order valence-corrected chi connectivity index (χ4v) is 5.02. The molecule has 3 heterocycles. The first-order valence-electron chi connectivity index (χ1n) is 12.3. The highest BCUT2D eigenvalue weighted by Gasteiger charge is 2.26. The molecule has 1 saturated heterocycles. The van der Waals surface area contributed by atoms with E-state index < -0.39 is 0 Å². The van der Waals surface area contributed by atoms with Crippen LogP contribution < -0.4 is 21.5 Å². The Hall–Kier alpha value is -3.92. The third-order valence-electron chi connectivity index (χ3n) is 7.12. The van der Waals surface area contributed by atoms with Crippen molar-refractivity contribution in [1.29, 1.82) is 0 Å². The van der Waals surface area contributed by atoms with Crippen LogP contribution in [0.5, 0.6) is 0 Å². The Balaban J connectivity index is 1.43. The van der Waals surface area contributed by atoms with Crippen molar-refractivity contribution in [2.45, 2.75) is 20.4 Å². The Bertz CT molecular complexity index is 1600. The van der Waals surface area contributed by atoms with Crippen molar-refractivity contribution in [3.05, 3.63) is 86.1 Å². The van der Waals surface area contributed by atoms with Gasteiger partial charge in [-0.2, -0.15) is 4.98 Å². The van der Waals surface area contributed by atoms with Crippen molar-refractivity contribution in [3.8, 4) is 0 Å². The quantitative estimate of drug-likeness (QED) is 0.417. The predicted octanol–water partition coefficient (Wildman–Crippen LogP) is 2.62. The van der Waals surface area contributed by atoms with E-state index >= 15 is 0 Å². The second kappa shape index (κ2) is 9.85. The zero-order chi connectivity index (χ0) is 26.3. The fraction of sp³-hybridized carbons (Fsp3) is 0.333. The summed E-state index contributed by atoms with van der Waals surface area (Å²) in [4.78, 5) is 34.9. The average molecular weight is 518 g/mol. The van der Waals surface area contributed by atoms with Crippen molar-refractivity contribution < 1.29 is 0 Å². The summed E-state index contributed by atoms with van der Waals surface area (Å²) in [5.41, 5.74) is 4.59. The van der Waals surface area contributed by atoms with Gasteiger partial charge < -0.3 is 15.1 Å². The first-order chi connectivity index (χ1) is 17.7. The molecular weight excluding hydrogens is 486 g/mol. The second-order valence-corrected chi connectivity index (χ2v) is 9.95. The molecule has 1 fully saturated rings. The van der Waals surface area contributed by atoms with E-state index in [9.17, 15) is 9.59 Å². The molecule has 10 heteroatoms. The van der Waals surface area contributed by atoms with Crippen LogP contribution in [0.2, 0.25) is 0 Å². The lowest BCUT2D eigenvalue weighted by atomic mass is 10.1. The molecule has 0 radical (unpaired) electrons. The SMILES string of the molecule is Cc1ccc(NC(=S)N2CCN(c3nc4c(c(=O)n(C)c(=O)n4C)n3Cc3ccccc3)CC2)cc1C. The van der Waals surface area contributed by atoms with Gasteiger partial charge in [0.2, 0.25) is 5.95 Å². The smallest absolute Gasteiger partial charge is 0.332 e. The molecule has 37 heavy (non-hydrogen) atoms. The van der Waals surface area contributed by atoms with Gasteiger partial charge >= 0.3 is 5.69 Å². The molecule has 0 unspecified atom stereocenters. The summed E-state index contributed by atoms with van der Waals surface area (Å²) in [6.45, 7) is 7.45. The number of fused-ring (bicyclic) bond motifs is 1. The van der Waals surface area contributed by atoms with Crippen molar-refractivity contribution in [2.75, 3.05) is 36.4 Å². The maximum Gasteiger partial charge on any atom is 0.332 e. The molecule has 9 nitrogen and oxygen atoms in total. The largest absolute Gasteiger partial charge is 0.345 e. The van der Waals surface area contributed by atoms with Gasteiger partial charge in [0, 0.05) is 46.0 Å². The molecule has 4 aromatic rings. The maximum absolute atomic E-state index is 13.2. The van der Waals surface area contributed by atoms with Crippen LogP contribution in [-0.2, 0) is 20.6 Å². The summed E-state index contributed by atoms with van der Waals surface area (Å²) in [5, 5.41) is 4.05. The maximum atomic E-state index is 13.2. The molecule has 5 rings (SSSR count). The zero-order valence-corrected chi connectivity index (χ0v) is 22.4. The van der Waals surface area contributed by atoms with Crippen LogP contribution in [0.25, 0.3) is 11.2 Å². The Morgan fingerprint density at radius 3 is 2.32 bits per heavy atom. The minimum atomic E-state index is -0.388. The lowest BCUT2D eigenvalue weighted by molar-refractivity contribution is 0.386. The van der Waals surface area contributed by atoms with Crippen molar-refractivity contribution in [3.63, 3.8) is 0 Å². The van der Waals surface area contributed by atoms with Crippen LogP contribution in [0, 0.1) is 13.8 Å².